The molecule has 112 valence electrons. The Morgan fingerprint density at radius 1 is 1.14 bits per heavy atom. The van der Waals surface area contributed by atoms with Gasteiger partial charge in [0, 0.05) is 19.0 Å². The number of rotatable bonds is 6. The molecule has 1 aromatic carbocycles. The lowest BCUT2D eigenvalue weighted by Gasteiger charge is -2.13. The molecule has 0 amide bonds. The van der Waals surface area contributed by atoms with Gasteiger partial charge >= 0.3 is 0 Å². The highest BCUT2D eigenvalue weighted by atomic mass is 35.5. The second kappa shape index (κ2) is 7.27. The van der Waals surface area contributed by atoms with E-state index in [2.05, 4.69) is 27.5 Å². The highest BCUT2D eigenvalue weighted by Crippen LogP contribution is 2.28. The normalized spacial score (nSPS) is 10.5. The van der Waals surface area contributed by atoms with Gasteiger partial charge in [-0.05, 0) is 31.9 Å². The van der Waals surface area contributed by atoms with Crippen LogP contribution in [0.2, 0.25) is 5.02 Å². The first-order valence-corrected chi connectivity index (χ1v) is 7.65. The molecule has 0 fully saturated rings. The quantitative estimate of drug-likeness (QED) is 0.821. The first kappa shape index (κ1) is 15.6. The molecule has 2 aromatic rings. The van der Waals surface area contributed by atoms with Gasteiger partial charge in [-0.1, -0.05) is 30.7 Å². The lowest BCUT2D eigenvalue weighted by atomic mass is 10.2. The number of hydrogen-bond acceptors (Lipinski definition) is 4. The molecule has 0 spiro atoms. The minimum Gasteiger partial charge on any atom is -0.370 e. The van der Waals surface area contributed by atoms with Crippen LogP contribution in [-0.2, 0) is 6.42 Å². The summed E-state index contributed by atoms with van der Waals surface area (Å²) >= 11 is 6.26. The molecule has 1 aromatic heterocycles. The minimum absolute atomic E-state index is 0.690. The average molecular weight is 305 g/mol. The van der Waals surface area contributed by atoms with E-state index < -0.39 is 0 Å². The Hall–Kier alpha value is -1.81. The van der Waals surface area contributed by atoms with E-state index >= 15 is 0 Å². The van der Waals surface area contributed by atoms with Crippen LogP contribution in [0.3, 0.4) is 0 Å². The lowest BCUT2D eigenvalue weighted by molar-refractivity contribution is 0.836. The standard InChI is InChI=1S/C16H21ClN4/c1-4-7-13-19-14(18-5-2)10-15(20-13)21-16-11(3)8-6-9-12(16)17/h6,8-10H,4-5,7H2,1-3H3,(H2,18,19,20,21). The van der Waals surface area contributed by atoms with E-state index in [9.17, 15) is 0 Å². The number of halogens is 1. The van der Waals surface area contributed by atoms with Gasteiger partial charge in [0.25, 0.3) is 0 Å². The van der Waals surface area contributed by atoms with Gasteiger partial charge in [-0.2, -0.15) is 0 Å². The maximum absolute atomic E-state index is 6.26. The molecular weight excluding hydrogens is 284 g/mol. The molecule has 2 N–H and O–H groups in total. The van der Waals surface area contributed by atoms with E-state index in [0.29, 0.717) is 5.02 Å². The number of nitrogens with one attached hydrogen (secondary N) is 2. The Bertz CT molecular complexity index is 569. The molecule has 0 atom stereocenters. The van der Waals surface area contributed by atoms with Crippen molar-refractivity contribution in [3.63, 3.8) is 0 Å². The van der Waals surface area contributed by atoms with E-state index in [1.54, 1.807) is 0 Å². The summed E-state index contributed by atoms with van der Waals surface area (Å²) in [5, 5.41) is 7.24. The second-order valence-electron chi connectivity index (χ2n) is 4.89. The first-order chi connectivity index (χ1) is 10.1. The zero-order valence-electron chi connectivity index (χ0n) is 12.7. The number of para-hydroxylation sites is 1. The summed E-state index contributed by atoms with van der Waals surface area (Å²) in [6, 6.07) is 7.74. The SMILES string of the molecule is CCCc1nc(NCC)cc(Nc2c(C)cccc2Cl)n1. The van der Waals surface area contributed by atoms with Crippen LogP contribution in [0.25, 0.3) is 0 Å². The molecule has 0 radical (unpaired) electrons. The van der Waals surface area contributed by atoms with Crippen molar-refractivity contribution in [3.05, 3.63) is 40.7 Å². The zero-order chi connectivity index (χ0) is 15.2. The fourth-order valence-corrected chi connectivity index (χ4v) is 2.36. The molecule has 21 heavy (non-hydrogen) atoms. The molecule has 1 heterocycles. The summed E-state index contributed by atoms with van der Waals surface area (Å²) in [7, 11) is 0. The molecule has 4 nitrogen and oxygen atoms in total. The van der Waals surface area contributed by atoms with Crippen molar-refractivity contribution >= 4 is 28.9 Å². The monoisotopic (exact) mass is 304 g/mol. The molecule has 0 aliphatic carbocycles. The Labute approximate surface area is 131 Å². The molecule has 0 unspecified atom stereocenters. The van der Waals surface area contributed by atoms with Crippen LogP contribution in [0.15, 0.2) is 24.3 Å². The van der Waals surface area contributed by atoms with Crippen molar-refractivity contribution in [3.8, 4) is 0 Å². The molecule has 0 aliphatic rings. The smallest absolute Gasteiger partial charge is 0.136 e. The first-order valence-electron chi connectivity index (χ1n) is 7.28. The van der Waals surface area contributed by atoms with Crippen molar-refractivity contribution in [2.24, 2.45) is 0 Å². The molecule has 2 rings (SSSR count). The van der Waals surface area contributed by atoms with Crippen LogP contribution in [0.4, 0.5) is 17.3 Å². The number of nitrogens with zero attached hydrogens (tertiary/aromatic N) is 2. The number of benzene rings is 1. The third kappa shape index (κ3) is 4.08. The van der Waals surface area contributed by atoms with E-state index in [1.165, 1.54) is 0 Å². The minimum atomic E-state index is 0.690. The van der Waals surface area contributed by atoms with Crippen LogP contribution < -0.4 is 10.6 Å². The van der Waals surface area contributed by atoms with Crippen LogP contribution in [0.1, 0.15) is 31.7 Å². The van der Waals surface area contributed by atoms with Gasteiger partial charge in [-0.15, -0.1) is 0 Å². The largest absolute Gasteiger partial charge is 0.370 e. The van der Waals surface area contributed by atoms with E-state index in [4.69, 9.17) is 11.6 Å². The zero-order valence-corrected chi connectivity index (χ0v) is 13.5. The molecule has 0 saturated carbocycles. The fraction of sp³-hybridized carbons (Fsp3) is 0.375. The van der Waals surface area contributed by atoms with Crippen LogP contribution in [-0.4, -0.2) is 16.5 Å². The summed E-state index contributed by atoms with van der Waals surface area (Å²) < 4.78 is 0. The van der Waals surface area contributed by atoms with Gasteiger partial charge < -0.3 is 10.6 Å². The summed E-state index contributed by atoms with van der Waals surface area (Å²) in [4.78, 5) is 9.07. The molecule has 0 saturated heterocycles. The molecular formula is C16H21ClN4. The topological polar surface area (TPSA) is 49.8 Å². The van der Waals surface area contributed by atoms with Crippen molar-refractivity contribution in [1.29, 1.82) is 0 Å². The predicted molar refractivity (Wildman–Crippen MR) is 89.7 cm³/mol. The summed E-state index contributed by atoms with van der Waals surface area (Å²) in [5.74, 6) is 2.44. The van der Waals surface area contributed by atoms with Crippen LogP contribution in [0, 0.1) is 6.92 Å². The summed E-state index contributed by atoms with van der Waals surface area (Å²) in [6.45, 7) is 7.02. The number of hydrogen-bond donors (Lipinski definition) is 2. The van der Waals surface area contributed by atoms with E-state index in [0.717, 1.165) is 48.1 Å². The van der Waals surface area contributed by atoms with Gasteiger partial charge in [0.05, 0.1) is 10.7 Å². The maximum atomic E-state index is 6.26. The van der Waals surface area contributed by atoms with Gasteiger partial charge in [0.2, 0.25) is 0 Å². The Balaban J connectivity index is 2.34. The Morgan fingerprint density at radius 2 is 1.90 bits per heavy atom. The number of anilines is 3. The van der Waals surface area contributed by atoms with Gasteiger partial charge in [-0.3, -0.25) is 0 Å². The van der Waals surface area contributed by atoms with E-state index in [-0.39, 0.29) is 0 Å². The molecule has 5 heteroatoms. The van der Waals surface area contributed by atoms with Crippen molar-refractivity contribution in [1.82, 2.24) is 9.97 Å². The maximum Gasteiger partial charge on any atom is 0.136 e. The highest BCUT2D eigenvalue weighted by Gasteiger charge is 2.08. The molecule has 0 bridgehead atoms. The van der Waals surface area contributed by atoms with Gasteiger partial charge in [-0.25, -0.2) is 9.97 Å². The third-order valence-corrected chi connectivity index (χ3v) is 3.39. The summed E-state index contributed by atoms with van der Waals surface area (Å²) in [6.07, 6.45) is 1.87. The third-order valence-electron chi connectivity index (χ3n) is 3.08. The number of aryl methyl sites for hydroxylation is 2. The van der Waals surface area contributed by atoms with Crippen molar-refractivity contribution in [2.75, 3.05) is 17.2 Å². The Kier molecular flexibility index (Phi) is 5.39. The van der Waals surface area contributed by atoms with Crippen LogP contribution in [0.5, 0.6) is 0 Å². The Morgan fingerprint density at radius 3 is 2.57 bits per heavy atom. The van der Waals surface area contributed by atoms with Crippen molar-refractivity contribution < 1.29 is 0 Å². The van der Waals surface area contributed by atoms with Gasteiger partial charge in [0.1, 0.15) is 17.5 Å². The second-order valence-corrected chi connectivity index (χ2v) is 5.30. The lowest BCUT2D eigenvalue weighted by Crippen LogP contribution is -2.06. The number of aromatic nitrogens is 2. The fourth-order valence-electron chi connectivity index (χ4n) is 2.09. The average Bonchev–Trinajstić information content (AvgIpc) is 2.44. The predicted octanol–water partition coefficient (Wildman–Crippen LogP) is 4.57. The summed E-state index contributed by atoms with van der Waals surface area (Å²) in [5.41, 5.74) is 1.98. The molecule has 0 aliphatic heterocycles. The highest BCUT2D eigenvalue weighted by molar-refractivity contribution is 6.33. The van der Waals surface area contributed by atoms with Gasteiger partial charge in [0.15, 0.2) is 0 Å². The van der Waals surface area contributed by atoms with E-state index in [1.807, 2.05) is 38.1 Å². The van der Waals surface area contributed by atoms with Crippen LogP contribution >= 0.6 is 11.6 Å². The van der Waals surface area contributed by atoms with Crippen molar-refractivity contribution in [2.45, 2.75) is 33.6 Å².